The third kappa shape index (κ3) is 2.68. The highest BCUT2D eigenvalue weighted by Crippen LogP contribution is 2.32. The van der Waals surface area contributed by atoms with Crippen LogP contribution in [0, 0.1) is 0 Å². The van der Waals surface area contributed by atoms with Gasteiger partial charge in [0.05, 0.1) is 22.6 Å². The van der Waals surface area contributed by atoms with E-state index in [0.29, 0.717) is 6.07 Å². The first-order valence-electron chi connectivity index (χ1n) is 3.59. The SMILES string of the molecule is O=Cc1ncc(N=C=S)cc1C(F)(F)F. The van der Waals surface area contributed by atoms with E-state index in [1.54, 1.807) is 0 Å². The number of hydrogen-bond acceptors (Lipinski definition) is 4. The summed E-state index contributed by atoms with van der Waals surface area (Å²) in [4.78, 5) is 17.0. The number of halogens is 3. The molecule has 0 spiro atoms. The maximum atomic E-state index is 12.4. The molecule has 0 atom stereocenters. The topological polar surface area (TPSA) is 42.3 Å². The number of nitrogens with zero attached hydrogens (tertiary/aromatic N) is 2. The number of aromatic nitrogens is 1. The molecule has 1 aromatic rings. The second kappa shape index (κ2) is 4.29. The monoisotopic (exact) mass is 232 g/mol. The minimum atomic E-state index is -4.64. The largest absolute Gasteiger partial charge is 0.418 e. The van der Waals surface area contributed by atoms with Gasteiger partial charge in [0, 0.05) is 0 Å². The molecule has 0 fully saturated rings. The summed E-state index contributed by atoms with van der Waals surface area (Å²) in [7, 11) is 0. The molecule has 0 unspecified atom stereocenters. The lowest BCUT2D eigenvalue weighted by Gasteiger charge is -2.08. The highest BCUT2D eigenvalue weighted by atomic mass is 32.1. The van der Waals surface area contributed by atoms with Crippen LogP contribution in [0.3, 0.4) is 0 Å². The van der Waals surface area contributed by atoms with Crippen molar-refractivity contribution in [3.63, 3.8) is 0 Å². The fourth-order valence-corrected chi connectivity index (χ4v) is 1.00. The van der Waals surface area contributed by atoms with Crippen molar-refractivity contribution in [1.29, 1.82) is 0 Å². The summed E-state index contributed by atoms with van der Waals surface area (Å²) in [5.41, 5.74) is -1.90. The Morgan fingerprint density at radius 2 is 2.20 bits per heavy atom. The van der Waals surface area contributed by atoms with E-state index in [-0.39, 0.29) is 12.0 Å². The number of pyridine rings is 1. The van der Waals surface area contributed by atoms with Crippen molar-refractivity contribution in [3.05, 3.63) is 23.5 Å². The Morgan fingerprint density at radius 1 is 1.53 bits per heavy atom. The van der Waals surface area contributed by atoms with Gasteiger partial charge in [0.25, 0.3) is 0 Å². The Hall–Kier alpha value is -1.59. The Morgan fingerprint density at radius 3 is 2.67 bits per heavy atom. The van der Waals surface area contributed by atoms with Gasteiger partial charge in [-0.15, -0.1) is 0 Å². The van der Waals surface area contributed by atoms with Gasteiger partial charge >= 0.3 is 6.18 Å². The van der Waals surface area contributed by atoms with Crippen LogP contribution >= 0.6 is 12.2 Å². The van der Waals surface area contributed by atoms with Gasteiger partial charge in [-0.25, -0.2) is 0 Å². The summed E-state index contributed by atoms with van der Waals surface area (Å²) in [6, 6.07) is 0.691. The fourth-order valence-electron chi connectivity index (χ4n) is 0.899. The smallest absolute Gasteiger partial charge is 0.296 e. The minimum absolute atomic E-state index is 0.0354. The molecule has 3 nitrogen and oxygen atoms in total. The van der Waals surface area contributed by atoms with E-state index in [2.05, 4.69) is 22.2 Å². The summed E-state index contributed by atoms with van der Waals surface area (Å²) >= 11 is 4.24. The van der Waals surface area contributed by atoms with Gasteiger partial charge < -0.3 is 0 Å². The first-order valence-corrected chi connectivity index (χ1v) is 4.00. The van der Waals surface area contributed by atoms with E-state index >= 15 is 0 Å². The third-order valence-electron chi connectivity index (χ3n) is 1.50. The number of aliphatic imine (C=N–C) groups is 1. The van der Waals surface area contributed by atoms with E-state index in [9.17, 15) is 18.0 Å². The molecule has 78 valence electrons. The van der Waals surface area contributed by atoms with Crippen molar-refractivity contribution < 1.29 is 18.0 Å². The molecule has 1 aromatic heterocycles. The van der Waals surface area contributed by atoms with Gasteiger partial charge in [-0.3, -0.25) is 9.78 Å². The van der Waals surface area contributed by atoms with Gasteiger partial charge in [-0.05, 0) is 18.3 Å². The van der Waals surface area contributed by atoms with Crippen molar-refractivity contribution in [2.24, 2.45) is 4.99 Å². The van der Waals surface area contributed by atoms with Crippen molar-refractivity contribution >= 4 is 29.4 Å². The van der Waals surface area contributed by atoms with Gasteiger partial charge in [0.15, 0.2) is 6.29 Å². The van der Waals surface area contributed by atoms with E-state index < -0.39 is 17.4 Å². The van der Waals surface area contributed by atoms with Crippen LogP contribution < -0.4 is 0 Å². The Balaban J connectivity index is 3.37. The Labute approximate surface area is 87.7 Å². The van der Waals surface area contributed by atoms with Gasteiger partial charge in [-0.2, -0.15) is 18.2 Å². The summed E-state index contributed by atoms with van der Waals surface area (Å²) in [6.07, 6.45) is -3.60. The molecule has 0 N–H and O–H groups in total. The fraction of sp³-hybridized carbons (Fsp3) is 0.125. The van der Waals surface area contributed by atoms with Crippen LogP contribution in [0.1, 0.15) is 16.1 Å². The number of thiocarbonyl (C=S) groups is 1. The highest BCUT2D eigenvalue weighted by molar-refractivity contribution is 7.78. The maximum absolute atomic E-state index is 12.4. The predicted octanol–water partition coefficient (Wildman–Crippen LogP) is 2.65. The maximum Gasteiger partial charge on any atom is 0.418 e. The van der Waals surface area contributed by atoms with Gasteiger partial charge in [-0.1, -0.05) is 0 Å². The molecular weight excluding hydrogens is 229 g/mol. The standard InChI is InChI=1S/C8H3F3N2OS/c9-8(10,11)6-1-5(13-4-15)2-12-7(6)3-14/h1-3H. The number of hydrogen-bond donors (Lipinski definition) is 0. The van der Waals surface area contributed by atoms with Crippen LogP contribution in [0.5, 0.6) is 0 Å². The first kappa shape index (κ1) is 11.5. The Kier molecular flexibility index (Phi) is 3.28. The van der Waals surface area contributed by atoms with Gasteiger partial charge in [0.2, 0.25) is 0 Å². The molecule has 0 saturated carbocycles. The lowest BCUT2D eigenvalue weighted by Crippen LogP contribution is -2.10. The number of carbonyl (C=O) groups is 1. The summed E-state index contributed by atoms with van der Waals surface area (Å²) in [5.74, 6) is 0. The zero-order valence-electron chi connectivity index (χ0n) is 7.08. The van der Waals surface area contributed by atoms with Crippen molar-refractivity contribution in [1.82, 2.24) is 4.98 Å². The lowest BCUT2D eigenvalue weighted by atomic mass is 10.2. The van der Waals surface area contributed by atoms with Crippen molar-refractivity contribution in [3.8, 4) is 0 Å². The number of alkyl halides is 3. The second-order valence-electron chi connectivity index (χ2n) is 2.45. The second-order valence-corrected chi connectivity index (χ2v) is 2.63. The molecule has 15 heavy (non-hydrogen) atoms. The van der Waals surface area contributed by atoms with Crippen LogP contribution in [0.25, 0.3) is 0 Å². The predicted molar refractivity (Wildman–Crippen MR) is 49.3 cm³/mol. The van der Waals surface area contributed by atoms with Crippen LogP contribution in [-0.2, 0) is 6.18 Å². The van der Waals surface area contributed by atoms with Gasteiger partial charge in [0.1, 0.15) is 5.69 Å². The molecular formula is C8H3F3N2OS. The molecule has 1 rings (SSSR count). The van der Waals surface area contributed by atoms with E-state index in [1.165, 1.54) is 0 Å². The highest BCUT2D eigenvalue weighted by Gasteiger charge is 2.34. The summed E-state index contributed by atoms with van der Waals surface area (Å²) in [6.45, 7) is 0. The van der Waals surface area contributed by atoms with Crippen LogP contribution in [0.2, 0.25) is 0 Å². The van der Waals surface area contributed by atoms with E-state index in [1.807, 2.05) is 5.16 Å². The Bertz CT molecular complexity index is 438. The zero-order chi connectivity index (χ0) is 11.5. The average molecular weight is 232 g/mol. The first-order chi connectivity index (χ1) is 6.99. The molecule has 1 heterocycles. The number of isothiocyanates is 1. The molecule has 0 saturated heterocycles. The third-order valence-corrected chi connectivity index (χ3v) is 1.59. The summed E-state index contributed by atoms with van der Waals surface area (Å²) < 4.78 is 37.1. The molecule has 0 bridgehead atoms. The molecule has 0 aromatic carbocycles. The van der Waals surface area contributed by atoms with Crippen LogP contribution in [-0.4, -0.2) is 16.4 Å². The zero-order valence-corrected chi connectivity index (χ0v) is 7.89. The number of aldehydes is 1. The van der Waals surface area contributed by atoms with Crippen LogP contribution in [0.4, 0.5) is 18.9 Å². The average Bonchev–Trinajstić information content (AvgIpc) is 2.17. The minimum Gasteiger partial charge on any atom is -0.296 e. The molecule has 0 amide bonds. The number of rotatable bonds is 2. The van der Waals surface area contributed by atoms with Crippen LogP contribution in [0.15, 0.2) is 17.3 Å². The molecule has 0 aliphatic carbocycles. The molecule has 0 aliphatic heterocycles. The van der Waals surface area contributed by atoms with Crippen molar-refractivity contribution in [2.75, 3.05) is 0 Å². The van der Waals surface area contributed by atoms with Crippen molar-refractivity contribution in [2.45, 2.75) is 6.18 Å². The quantitative estimate of drug-likeness (QED) is 0.447. The number of carbonyl (C=O) groups excluding carboxylic acids is 1. The molecule has 0 radical (unpaired) electrons. The normalized spacial score (nSPS) is 10.6. The molecule has 0 aliphatic rings. The summed E-state index contributed by atoms with van der Waals surface area (Å²) in [5, 5.41) is 1.91. The van der Waals surface area contributed by atoms with E-state index in [4.69, 9.17) is 0 Å². The lowest BCUT2D eigenvalue weighted by molar-refractivity contribution is -0.138. The molecule has 7 heteroatoms. The van der Waals surface area contributed by atoms with E-state index in [0.717, 1.165) is 6.20 Å².